The summed E-state index contributed by atoms with van der Waals surface area (Å²) in [6.07, 6.45) is 7.15. The molecular weight excluding hydrogens is 438 g/mol. The molecule has 35 heavy (non-hydrogen) atoms. The average Bonchev–Trinajstić information content (AvgIpc) is 3.51. The molecule has 0 unspecified atom stereocenters. The molecule has 6 nitrogen and oxygen atoms in total. The predicted molar refractivity (Wildman–Crippen MR) is 136 cm³/mol. The third kappa shape index (κ3) is 3.71. The lowest BCUT2D eigenvalue weighted by Crippen LogP contribution is -2.57. The highest BCUT2D eigenvalue weighted by Crippen LogP contribution is 2.30. The van der Waals surface area contributed by atoms with E-state index in [4.69, 9.17) is 0 Å². The molecule has 1 aliphatic carbocycles. The molecule has 0 atom stereocenters. The van der Waals surface area contributed by atoms with Gasteiger partial charge in [-0.15, -0.1) is 0 Å². The zero-order valence-corrected chi connectivity index (χ0v) is 19.2. The van der Waals surface area contributed by atoms with E-state index in [0.717, 1.165) is 42.1 Å². The van der Waals surface area contributed by atoms with Crippen molar-refractivity contribution in [2.24, 2.45) is 0 Å². The van der Waals surface area contributed by atoms with Crippen molar-refractivity contribution in [1.82, 2.24) is 14.8 Å². The summed E-state index contributed by atoms with van der Waals surface area (Å²) in [5.41, 5.74) is 2.98. The van der Waals surface area contributed by atoms with Gasteiger partial charge in [-0.05, 0) is 41.3 Å². The van der Waals surface area contributed by atoms with E-state index in [0.29, 0.717) is 6.54 Å². The van der Waals surface area contributed by atoms with Gasteiger partial charge in [0.05, 0.1) is 0 Å². The number of para-hydroxylation sites is 1. The molecule has 2 fully saturated rings. The molecule has 0 radical (unpaired) electrons. The van der Waals surface area contributed by atoms with E-state index >= 15 is 0 Å². The Morgan fingerprint density at radius 3 is 2.40 bits per heavy atom. The molecule has 0 bridgehead atoms. The number of nitrogens with zero attached hydrogens (tertiary/aromatic N) is 2. The molecule has 6 heteroatoms. The summed E-state index contributed by atoms with van der Waals surface area (Å²) in [7, 11) is 0. The molecule has 0 spiro atoms. The first-order valence-corrected chi connectivity index (χ1v) is 12.1. The van der Waals surface area contributed by atoms with Crippen molar-refractivity contribution in [3.05, 3.63) is 89.6 Å². The monoisotopic (exact) mass is 463 g/mol. The van der Waals surface area contributed by atoms with Crippen LogP contribution in [0, 0.1) is 0 Å². The summed E-state index contributed by atoms with van der Waals surface area (Å²) in [5, 5.41) is 5.70. The number of benzene rings is 3. The number of nitrogens with one attached hydrogen (secondary N) is 1. The second-order valence-corrected chi connectivity index (χ2v) is 9.30. The Morgan fingerprint density at radius 2 is 1.57 bits per heavy atom. The van der Waals surface area contributed by atoms with Crippen molar-refractivity contribution in [3.63, 3.8) is 0 Å². The first-order valence-electron chi connectivity index (χ1n) is 12.1. The number of carbonyl (C=O) groups excluding carboxylic acids is 3. The summed E-state index contributed by atoms with van der Waals surface area (Å²) in [6.45, 7) is 0.651. The van der Waals surface area contributed by atoms with Crippen LogP contribution in [0.5, 0.6) is 0 Å². The Hall–Kier alpha value is -4.19. The Kier molecular flexibility index (Phi) is 5.21. The number of barbiturate groups is 1. The van der Waals surface area contributed by atoms with Crippen LogP contribution in [-0.4, -0.2) is 33.4 Å². The van der Waals surface area contributed by atoms with Crippen LogP contribution in [0.15, 0.2) is 78.5 Å². The summed E-state index contributed by atoms with van der Waals surface area (Å²) in [5.74, 6) is -1.14. The molecule has 1 aromatic heterocycles. The fourth-order valence-corrected chi connectivity index (χ4v) is 5.46. The van der Waals surface area contributed by atoms with E-state index in [2.05, 4.69) is 40.2 Å². The van der Waals surface area contributed by atoms with Crippen LogP contribution in [0.2, 0.25) is 0 Å². The van der Waals surface area contributed by atoms with Gasteiger partial charge in [0.15, 0.2) is 0 Å². The van der Waals surface area contributed by atoms with E-state index in [1.54, 1.807) is 6.08 Å². The number of aromatic nitrogens is 1. The number of hydrogen-bond donors (Lipinski definition) is 1. The van der Waals surface area contributed by atoms with Crippen molar-refractivity contribution >= 4 is 45.6 Å². The van der Waals surface area contributed by atoms with Gasteiger partial charge < -0.3 is 4.57 Å². The number of imide groups is 2. The zero-order chi connectivity index (χ0) is 23.9. The molecule has 1 saturated carbocycles. The van der Waals surface area contributed by atoms with Gasteiger partial charge >= 0.3 is 6.03 Å². The maximum absolute atomic E-state index is 13.3. The molecule has 4 aromatic rings. The highest BCUT2D eigenvalue weighted by atomic mass is 16.2. The lowest BCUT2D eigenvalue weighted by atomic mass is 10.0. The first-order chi connectivity index (χ1) is 17.1. The molecular formula is C29H25N3O3. The van der Waals surface area contributed by atoms with Crippen LogP contribution in [0.25, 0.3) is 27.8 Å². The molecule has 2 aliphatic rings. The fourth-order valence-electron chi connectivity index (χ4n) is 5.46. The number of urea groups is 1. The normalized spacial score (nSPS) is 18.2. The quantitative estimate of drug-likeness (QED) is 0.332. The van der Waals surface area contributed by atoms with Crippen molar-refractivity contribution in [2.75, 3.05) is 0 Å². The summed E-state index contributed by atoms with van der Waals surface area (Å²) in [6, 6.07) is 21.8. The summed E-state index contributed by atoms with van der Waals surface area (Å²) in [4.78, 5) is 39.7. The van der Waals surface area contributed by atoms with E-state index in [1.807, 2.05) is 42.6 Å². The summed E-state index contributed by atoms with van der Waals surface area (Å²) >= 11 is 0. The van der Waals surface area contributed by atoms with Crippen molar-refractivity contribution in [1.29, 1.82) is 0 Å². The minimum Gasteiger partial charge on any atom is -0.342 e. The number of carbonyl (C=O) groups is 3. The highest BCUT2D eigenvalue weighted by molar-refractivity contribution is 6.31. The number of amides is 4. The van der Waals surface area contributed by atoms with Gasteiger partial charge in [-0.1, -0.05) is 73.5 Å². The Morgan fingerprint density at radius 1 is 0.857 bits per heavy atom. The third-order valence-corrected chi connectivity index (χ3v) is 7.16. The molecule has 1 aliphatic heterocycles. The predicted octanol–water partition coefficient (Wildman–Crippen LogP) is 5.25. The topological polar surface area (TPSA) is 71.4 Å². The molecule has 6 rings (SSSR count). The van der Waals surface area contributed by atoms with Gasteiger partial charge in [0.25, 0.3) is 11.8 Å². The standard InChI is InChI=1S/C29H25N3O3/c33-27-25(28(34)32(29(35)30-27)22-11-2-3-12-22)16-21-18-31(26-15-6-5-14-24(21)26)17-20-10-7-9-19-8-1-4-13-23(19)20/h1,4-10,13-16,18,22H,2-3,11-12,17H2,(H,30,33,35). The molecule has 174 valence electrons. The van der Waals surface area contributed by atoms with Crippen LogP contribution in [-0.2, 0) is 16.1 Å². The Bertz CT molecular complexity index is 1520. The number of rotatable bonds is 4. The smallest absolute Gasteiger partial charge is 0.331 e. The van der Waals surface area contributed by atoms with E-state index in [-0.39, 0.29) is 11.6 Å². The first kappa shape index (κ1) is 21.4. The van der Waals surface area contributed by atoms with Crippen LogP contribution < -0.4 is 5.32 Å². The highest BCUT2D eigenvalue weighted by Gasteiger charge is 2.40. The van der Waals surface area contributed by atoms with Gasteiger partial charge in [0.1, 0.15) is 5.57 Å². The molecule has 3 aromatic carbocycles. The van der Waals surface area contributed by atoms with Crippen molar-refractivity contribution in [2.45, 2.75) is 38.3 Å². The van der Waals surface area contributed by atoms with Crippen LogP contribution in [0.4, 0.5) is 4.79 Å². The van der Waals surface area contributed by atoms with E-state index in [1.165, 1.54) is 21.2 Å². The van der Waals surface area contributed by atoms with Crippen molar-refractivity contribution < 1.29 is 14.4 Å². The Balaban J connectivity index is 1.42. The van der Waals surface area contributed by atoms with Gasteiger partial charge in [0, 0.05) is 35.2 Å². The number of hydrogen-bond acceptors (Lipinski definition) is 3. The largest absolute Gasteiger partial charge is 0.342 e. The zero-order valence-electron chi connectivity index (χ0n) is 19.2. The maximum atomic E-state index is 13.3. The lowest BCUT2D eigenvalue weighted by Gasteiger charge is -2.31. The molecule has 1 saturated heterocycles. The Labute approximate surface area is 202 Å². The van der Waals surface area contributed by atoms with Crippen LogP contribution in [0.1, 0.15) is 36.8 Å². The van der Waals surface area contributed by atoms with E-state index < -0.39 is 17.8 Å². The average molecular weight is 464 g/mol. The second-order valence-electron chi connectivity index (χ2n) is 9.30. The minimum absolute atomic E-state index is 0.00423. The van der Waals surface area contributed by atoms with Crippen molar-refractivity contribution in [3.8, 4) is 0 Å². The molecule has 4 amide bonds. The van der Waals surface area contributed by atoms with Crippen LogP contribution in [0.3, 0.4) is 0 Å². The van der Waals surface area contributed by atoms with Gasteiger partial charge in [-0.25, -0.2) is 4.79 Å². The summed E-state index contributed by atoms with van der Waals surface area (Å²) < 4.78 is 2.15. The van der Waals surface area contributed by atoms with Gasteiger partial charge in [0.2, 0.25) is 0 Å². The lowest BCUT2D eigenvalue weighted by molar-refractivity contribution is -0.131. The fraction of sp³-hybridized carbons (Fsp3) is 0.207. The number of fused-ring (bicyclic) bond motifs is 2. The third-order valence-electron chi connectivity index (χ3n) is 7.16. The molecule has 2 heterocycles. The maximum Gasteiger partial charge on any atom is 0.331 e. The SMILES string of the molecule is O=C1NC(=O)N(C2CCCC2)C(=O)C1=Cc1cn(Cc2cccc3ccccc23)c2ccccc12. The molecule has 1 N–H and O–H groups in total. The van der Waals surface area contributed by atoms with Gasteiger partial charge in [-0.2, -0.15) is 0 Å². The second kappa shape index (κ2) is 8.55. The van der Waals surface area contributed by atoms with E-state index in [9.17, 15) is 14.4 Å². The van der Waals surface area contributed by atoms with Crippen LogP contribution >= 0.6 is 0 Å². The van der Waals surface area contributed by atoms with Gasteiger partial charge in [-0.3, -0.25) is 19.8 Å². The minimum atomic E-state index is -0.639.